The summed E-state index contributed by atoms with van der Waals surface area (Å²) in [6.07, 6.45) is 30.8. The van der Waals surface area contributed by atoms with Crippen LogP contribution in [0, 0.1) is 23.7 Å². The van der Waals surface area contributed by atoms with Gasteiger partial charge in [-0.3, -0.25) is 4.79 Å². The van der Waals surface area contributed by atoms with Gasteiger partial charge in [-0.25, -0.2) is 0 Å². The summed E-state index contributed by atoms with van der Waals surface area (Å²) in [7, 11) is 0. The molecule has 3 rings (SSSR count). The van der Waals surface area contributed by atoms with Gasteiger partial charge in [-0.2, -0.15) is 0 Å². The number of benzene rings is 1. The lowest BCUT2D eigenvalue weighted by Gasteiger charge is -2.27. The average Bonchev–Trinajstić information content (AvgIpc) is 2.93. The summed E-state index contributed by atoms with van der Waals surface area (Å²) in [4.78, 5) is 12.7. The third kappa shape index (κ3) is 11.8. The van der Waals surface area contributed by atoms with Gasteiger partial charge in [0.15, 0.2) is 0 Å². The van der Waals surface area contributed by atoms with Gasteiger partial charge >= 0.3 is 5.97 Å². The molecule has 2 fully saturated rings. The summed E-state index contributed by atoms with van der Waals surface area (Å²) in [6, 6.07) is 8.23. The fourth-order valence-corrected chi connectivity index (χ4v) is 6.54. The Morgan fingerprint density at radius 3 is 1.97 bits per heavy atom. The zero-order valence-corrected chi connectivity index (χ0v) is 24.2. The minimum absolute atomic E-state index is 0.0165. The minimum Gasteiger partial charge on any atom is -0.426 e. The largest absolute Gasteiger partial charge is 0.426 e. The third-order valence-corrected chi connectivity index (χ3v) is 9.15. The van der Waals surface area contributed by atoms with Crippen LogP contribution in [-0.2, 0) is 11.2 Å². The first-order valence-corrected chi connectivity index (χ1v) is 16.1. The van der Waals surface area contributed by atoms with Gasteiger partial charge < -0.3 is 4.74 Å². The van der Waals surface area contributed by atoms with Gasteiger partial charge in [0.1, 0.15) is 5.75 Å². The highest BCUT2D eigenvalue weighted by Gasteiger charge is 2.27. The SMILES string of the molecule is CCCCCCC[C@H]1CC[C@H](C(=O)Oc2ccc(CCC=C[C@H]3CC[C@H](CCCCC)CC3)cc2)CC1. The van der Waals surface area contributed by atoms with Crippen molar-refractivity contribution < 1.29 is 9.53 Å². The maximum absolute atomic E-state index is 12.7. The highest BCUT2D eigenvalue weighted by Crippen LogP contribution is 2.34. The zero-order valence-electron chi connectivity index (χ0n) is 24.2. The number of rotatable bonds is 16. The van der Waals surface area contributed by atoms with E-state index in [1.54, 1.807) is 0 Å². The van der Waals surface area contributed by atoms with Gasteiger partial charge in [-0.1, -0.05) is 102 Å². The molecule has 0 bridgehead atoms. The molecule has 208 valence electrons. The van der Waals surface area contributed by atoms with Crippen molar-refractivity contribution in [2.45, 2.75) is 142 Å². The first kappa shape index (κ1) is 30.0. The van der Waals surface area contributed by atoms with E-state index in [-0.39, 0.29) is 11.9 Å². The summed E-state index contributed by atoms with van der Waals surface area (Å²) >= 11 is 0. The molecule has 1 aromatic rings. The molecule has 0 radical (unpaired) electrons. The van der Waals surface area contributed by atoms with Crippen molar-refractivity contribution in [2.24, 2.45) is 23.7 Å². The van der Waals surface area contributed by atoms with E-state index in [1.165, 1.54) is 108 Å². The molecule has 0 amide bonds. The van der Waals surface area contributed by atoms with Crippen LogP contribution in [0.5, 0.6) is 5.75 Å². The molecule has 0 unspecified atom stereocenters. The highest BCUT2D eigenvalue weighted by molar-refractivity contribution is 5.75. The van der Waals surface area contributed by atoms with Crippen LogP contribution in [0.3, 0.4) is 0 Å². The molecule has 0 heterocycles. The second-order valence-corrected chi connectivity index (χ2v) is 12.2. The van der Waals surface area contributed by atoms with E-state index >= 15 is 0 Å². The van der Waals surface area contributed by atoms with Gasteiger partial charge in [0.25, 0.3) is 0 Å². The molecule has 0 saturated heterocycles. The van der Waals surface area contributed by atoms with Crippen molar-refractivity contribution in [2.75, 3.05) is 0 Å². The molecule has 37 heavy (non-hydrogen) atoms. The van der Waals surface area contributed by atoms with Gasteiger partial charge in [0.2, 0.25) is 0 Å². The summed E-state index contributed by atoms with van der Waals surface area (Å²) in [5.41, 5.74) is 1.32. The number of aryl methyl sites for hydroxylation is 1. The predicted molar refractivity (Wildman–Crippen MR) is 158 cm³/mol. The van der Waals surface area contributed by atoms with Gasteiger partial charge in [0, 0.05) is 0 Å². The fraction of sp³-hybridized carbons (Fsp3) is 0.743. The molecule has 0 N–H and O–H groups in total. The lowest BCUT2D eigenvalue weighted by Crippen LogP contribution is -2.25. The predicted octanol–water partition coefficient (Wildman–Crippen LogP) is 10.6. The van der Waals surface area contributed by atoms with Crippen molar-refractivity contribution in [1.82, 2.24) is 0 Å². The van der Waals surface area contributed by atoms with Crippen molar-refractivity contribution in [3.63, 3.8) is 0 Å². The maximum atomic E-state index is 12.7. The smallest absolute Gasteiger partial charge is 0.314 e. The Bertz CT molecular complexity index is 748. The number of hydrogen-bond donors (Lipinski definition) is 0. The fourth-order valence-electron chi connectivity index (χ4n) is 6.54. The first-order chi connectivity index (χ1) is 18.2. The van der Waals surface area contributed by atoms with Crippen molar-refractivity contribution in [3.8, 4) is 5.75 Å². The van der Waals surface area contributed by atoms with Crippen molar-refractivity contribution in [1.29, 1.82) is 0 Å². The Balaban J connectivity index is 1.27. The van der Waals surface area contributed by atoms with Crippen LogP contribution in [-0.4, -0.2) is 5.97 Å². The molecule has 2 nitrogen and oxygen atoms in total. The molecular weight excluding hydrogens is 452 g/mol. The molecule has 2 aliphatic rings. The summed E-state index contributed by atoms with van der Waals surface area (Å²) in [5, 5.41) is 0. The monoisotopic (exact) mass is 508 g/mol. The standard InChI is InChI=1S/C35H56O2/c1-3-5-7-8-10-14-31-21-25-33(26-22-31)35(36)37-34-27-23-32(24-28-34)16-12-11-15-30-19-17-29(18-20-30)13-9-6-4-2/h11,15,23-24,27-31,33H,3-10,12-14,16-22,25-26H2,1-2H3/t29-,30-,31-,33-. The van der Waals surface area contributed by atoms with Crippen LogP contribution < -0.4 is 4.74 Å². The summed E-state index contributed by atoms with van der Waals surface area (Å²) in [6.45, 7) is 4.57. The number of esters is 1. The van der Waals surface area contributed by atoms with E-state index < -0.39 is 0 Å². The number of carbonyl (C=O) groups is 1. The van der Waals surface area contributed by atoms with Gasteiger partial charge in [-0.05, 0) is 99.7 Å². The average molecular weight is 509 g/mol. The molecular formula is C35H56O2. The van der Waals surface area contributed by atoms with E-state index in [2.05, 4.69) is 38.1 Å². The molecule has 2 heteroatoms. The molecule has 0 aromatic heterocycles. The van der Waals surface area contributed by atoms with E-state index in [9.17, 15) is 4.79 Å². The second-order valence-electron chi connectivity index (χ2n) is 12.2. The first-order valence-electron chi connectivity index (χ1n) is 16.1. The van der Waals surface area contributed by atoms with Crippen LogP contribution in [0.1, 0.15) is 141 Å². The Labute approximate surface area is 229 Å². The van der Waals surface area contributed by atoms with Crippen LogP contribution in [0.25, 0.3) is 0 Å². The van der Waals surface area contributed by atoms with Crippen LogP contribution in [0.4, 0.5) is 0 Å². The van der Waals surface area contributed by atoms with Gasteiger partial charge in [0.05, 0.1) is 5.92 Å². The minimum atomic E-state index is -0.0165. The Morgan fingerprint density at radius 2 is 1.32 bits per heavy atom. The molecule has 1 aromatic carbocycles. The van der Waals surface area contributed by atoms with Crippen molar-refractivity contribution in [3.05, 3.63) is 42.0 Å². The maximum Gasteiger partial charge on any atom is 0.314 e. The summed E-state index contributed by atoms with van der Waals surface area (Å²) < 4.78 is 5.76. The molecule has 0 aliphatic heterocycles. The van der Waals surface area contributed by atoms with Crippen molar-refractivity contribution >= 4 is 5.97 Å². The van der Waals surface area contributed by atoms with E-state index in [1.807, 2.05) is 12.1 Å². The Hall–Kier alpha value is -1.57. The topological polar surface area (TPSA) is 26.3 Å². The van der Waals surface area contributed by atoms with E-state index in [4.69, 9.17) is 4.74 Å². The lowest BCUT2D eigenvalue weighted by molar-refractivity contribution is -0.140. The lowest BCUT2D eigenvalue weighted by atomic mass is 9.79. The van der Waals surface area contributed by atoms with E-state index in [0.29, 0.717) is 5.75 Å². The Kier molecular flexibility index (Phi) is 14.5. The van der Waals surface area contributed by atoms with Gasteiger partial charge in [-0.15, -0.1) is 0 Å². The number of ether oxygens (including phenoxy) is 1. The normalized spacial score (nSPS) is 24.4. The molecule has 0 atom stereocenters. The number of unbranched alkanes of at least 4 members (excludes halogenated alkanes) is 6. The molecule has 2 aliphatic carbocycles. The quantitative estimate of drug-likeness (QED) is 0.0960. The third-order valence-electron chi connectivity index (χ3n) is 9.15. The summed E-state index contributed by atoms with van der Waals surface area (Å²) in [5.74, 6) is 3.39. The molecule has 0 spiro atoms. The second kappa shape index (κ2) is 17.8. The number of allylic oxidation sites excluding steroid dienone is 2. The van der Waals surface area contributed by atoms with Crippen LogP contribution in [0.15, 0.2) is 36.4 Å². The van der Waals surface area contributed by atoms with E-state index in [0.717, 1.165) is 43.4 Å². The molecule has 2 saturated carbocycles. The van der Waals surface area contributed by atoms with Crippen LogP contribution in [0.2, 0.25) is 0 Å². The Morgan fingerprint density at radius 1 is 0.757 bits per heavy atom. The van der Waals surface area contributed by atoms with Crippen LogP contribution >= 0.6 is 0 Å². The number of carbonyl (C=O) groups excluding carboxylic acids is 1. The zero-order chi connectivity index (χ0) is 26.1. The number of hydrogen-bond acceptors (Lipinski definition) is 2. The highest BCUT2D eigenvalue weighted by atomic mass is 16.5.